The van der Waals surface area contributed by atoms with Crippen LogP contribution < -0.4 is 10.1 Å². The molecule has 3 rings (SSSR count). The third-order valence-electron chi connectivity index (χ3n) is 5.34. The molecule has 2 aliphatic rings. The number of halogens is 1. The molecule has 2 saturated heterocycles. The average Bonchev–Trinajstić information content (AvgIpc) is 2.98. The molecule has 2 aliphatic heterocycles. The van der Waals surface area contributed by atoms with Gasteiger partial charge in [0.25, 0.3) is 0 Å². The van der Waals surface area contributed by atoms with Crippen molar-refractivity contribution in [3.63, 3.8) is 0 Å². The summed E-state index contributed by atoms with van der Waals surface area (Å²) in [4.78, 5) is 14.6. The van der Waals surface area contributed by atoms with Crippen molar-refractivity contribution in [3.05, 3.63) is 29.3 Å². The van der Waals surface area contributed by atoms with E-state index < -0.39 is 0 Å². The molecule has 1 spiro atoms. The lowest BCUT2D eigenvalue weighted by Crippen LogP contribution is -2.44. The highest BCUT2D eigenvalue weighted by Gasteiger charge is 2.37. The molecule has 4 nitrogen and oxygen atoms in total. The maximum absolute atomic E-state index is 12.5. The highest BCUT2D eigenvalue weighted by Crippen LogP contribution is 2.37. The summed E-state index contributed by atoms with van der Waals surface area (Å²) in [5, 5.41) is 3.47. The van der Waals surface area contributed by atoms with Gasteiger partial charge in [-0.3, -0.25) is 4.79 Å². The largest absolute Gasteiger partial charge is 0.496 e. The lowest BCUT2D eigenvalue weighted by molar-refractivity contribution is -0.132. The van der Waals surface area contributed by atoms with Crippen molar-refractivity contribution in [3.8, 4) is 5.75 Å². The molecular weight excluding hydrogens is 312 g/mol. The van der Waals surface area contributed by atoms with Crippen LogP contribution in [0, 0.1) is 12.3 Å². The van der Waals surface area contributed by atoms with Crippen LogP contribution in [-0.4, -0.2) is 44.1 Å². The summed E-state index contributed by atoms with van der Waals surface area (Å²) in [5.74, 6) is 1.10. The summed E-state index contributed by atoms with van der Waals surface area (Å²) in [6.45, 7) is 6.10. The van der Waals surface area contributed by atoms with E-state index in [0.29, 0.717) is 11.8 Å². The monoisotopic (exact) mass is 338 g/mol. The highest BCUT2D eigenvalue weighted by molar-refractivity contribution is 5.85. The van der Waals surface area contributed by atoms with Crippen LogP contribution >= 0.6 is 12.4 Å². The quantitative estimate of drug-likeness (QED) is 0.921. The first-order chi connectivity index (χ1) is 10.6. The Labute approximate surface area is 145 Å². The summed E-state index contributed by atoms with van der Waals surface area (Å²) < 4.78 is 5.34. The first-order valence-electron chi connectivity index (χ1n) is 8.24. The minimum absolute atomic E-state index is 0. The van der Waals surface area contributed by atoms with E-state index >= 15 is 0 Å². The smallest absolute Gasteiger partial charge is 0.226 e. The van der Waals surface area contributed by atoms with Gasteiger partial charge in [0, 0.05) is 19.6 Å². The van der Waals surface area contributed by atoms with E-state index in [-0.39, 0.29) is 18.3 Å². The minimum Gasteiger partial charge on any atom is -0.496 e. The fourth-order valence-corrected chi connectivity index (χ4v) is 3.71. The number of rotatable bonds is 3. The molecule has 0 radical (unpaired) electrons. The normalized spacial score (nSPS) is 19.5. The predicted molar refractivity (Wildman–Crippen MR) is 94.4 cm³/mol. The number of piperidine rings is 1. The van der Waals surface area contributed by atoms with Crippen LogP contribution in [-0.2, 0) is 11.2 Å². The Bertz CT molecular complexity index is 546. The van der Waals surface area contributed by atoms with Crippen LogP contribution in [0.4, 0.5) is 0 Å². The second kappa shape index (κ2) is 7.54. The molecule has 0 unspecified atom stereocenters. The van der Waals surface area contributed by atoms with E-state index in [4.69, 9.17) is 4.74 Å². The van der Waals surface area contributed by atoms with E-state index in [2.05, 4.69) is 5.32 Å². The second-order valence-corrected chi connectivity index (χ2v) is 6.79. The maximum atomic E-state index is 12.5. The topological polar surface area (TPSA) is 41.6 Å². The average molecular weight is 339 g/mol. The maximum Gasteiger partial charge on any atom is 0.226 e. The van der Waals surface area contributed by atoms with E-state index in [1.54, 1.807) is 7.11 Å². The highest BCUT2D eigenvalue weighted by atomic mass is 35.5. The standard InChI is InChI=1S/C18H26N2O2.ClH/c1-14-3-4-15(11-16(14)22-2)12-17(21)20-9-6-18(7-10-20)5-8-19-13-18;/h3-4,11,19H,5-10,12-13H2,1-2H3;1H. The zero-order valence-corrected chi connectivity index (χ0v) is 14.9. The molecule has 2 fully saturated rings. The van der Waals surface area contributed by atoms with E-state index in [9.17, 15) is 4.79 Å². The van der Waals surface area contributed by atoms with Crippen molar-refractivity contribution in [1.29, 1.82) is 0 Å². The lowest BCUT2D eigenvalue weighted by atomic mass is 9.78. The summed E-state index contributed by atoms with van der Waals surface area (Å²) in [6, 6.07) is 6.04. The van der Waals surface area contributed by atoms with Gasteiger partial charge in [-0.1, -0.05) is 12.1 Å². The fraction of sp³-hybridized carbons (Fsp3) is 0.611. The molecule has 128 valence electrons. The van der Waals surface area contributed by atoms with Crippen molar-refractivity contribution in [2.75, 3.05) is 33.3 Å². The minimum atomic E-state index is 0. The summed E-state index contributed by atoms with van der Waals surface area (Å²) >= 11 is 0. The summed E-state index contributed by atoms with van der Waals surface area (Å²) in [5.41, 5.74) is 2.60. The molecule has 0 saturated carbocycles. The third kappa shape index (κ3) is 3.99. The molecule has 1 N–H and O–H groups in total. The van der Waals surface area contributed by atoms with Crippen molar-refractivity contribution in [2.24, 2.45) is 5.41 Å². The third-order valence-corrected chi connectivity index (χ3v) is 5.34. The molecule has 0 aliphatic carbocycles. The van der Waals surface area contributed by atoms with Crippen LogP contribution in [0.3, 0.4) is 0 Å². The van der Waals surface area contributed by atoms with E-state index in [0.717, 1.165) is 55.9 Å². The van der Waals surface area contributed by atoms with Gasteiger partial charge in [0.2, 0.25) is 5.91 Å². The molecule has 1 amide bonds. The number of nitrogens with zero attached hydrogens (tertiary/aromatic N) is 1. The number of nitrogens with one attached hydrogen (secondary N) is 1. The van der Waals surface area contributed by atoms with E-state index in [1.807, 2.05) is 30.0 Å². The number of likely N-dealkylation sites (tertiary alicyclic amines) is 1. The number of hydrogen-bond acceptors (Lipinski definition) is 3. The molecule has 1 aromatic rings. The number of carbonyl (C=O) groups is 1. The van der Waals surface area contributed by atoms with Crippen molar-refractivity contribution in [2.45, 2.75) is 32.6 Å². The Morgan fingerprint density at radius 3 is 2.65 bits per heavy atom. The zero-order valence-electron chi connectivity index (χ0n) is 14.1. The fourth-order valence-electron chi connectivity index (χ4n) is 3.71. The second-order valence-electron chi connectivity index (χ2n) is 6.79. The molecule has 5 heteroatoms. The van der Waals surface area contributed by atoms with Gasteiger partial charge in [0.1, 0.15) is 5.75 Å². The van der Waals surface area contributed by atoms with Gasteiger partial charge in [-0.05, 0) is 55.3 Å². The molecule has 0 bridgehead atoms. The first kappa shape index (κ1) is 18.1. The Balaban J connectivity index is 0.00000192. The number of aryl methyl sites for hydroxylation is 1. The van der Waals surface area contributed by atoms with Crippen molar-refractivity contribution < 1.29 is 9.53 Å². The van der Waals surface area contributed by atoms with Gasteiger partial charge in [0.05, 0.1) is 13.5 Å². The molecular formula is C18H27ClN2O2. The number of methoxy groups -OCH3 is 1. The van der Waals surface area contributed by atoms with Crippen LogP contribution in [0.15, 0.2) is 18.2 Å². The van der Waals surface area contributed by atoms with Gasteiger partial charge in [-0.25, -0.2) is 0 Å². The number of benzene rings is 1. The van der Waals surface area contributed by atoms with Crippen molar-refractivity contribution in [1.82, 2.24) is 10.2 Å². The Kier molecular flexibility index (Phi) is 5.93. The number of carbonyl (C=O) groups excluding carboxylic acids is 1. The van der Waals surface area contributed by atoms with Crippen LogP contribution in [0.5, 0.6) is 5.75 Å². The molecule has 23 heavy (non-hydrogen) atoms. The SMILES string of the molecule is COc1cc(CC(=O)N2CCC3(CCNC3)CC2)ccc1C.Cl. The van der Waals surface area contributed by atoms with Gasteiger partial charge in [-0.15, -0.1) is 12.4 Å². The van der Waals surface area contributed by atoms with Crippen LogP contribution in [0.1, 0.15) is 30.4 Å². The number of ether oxygens (including phenoxy) is 1. The Morgan fingerprint density at radius 1 is 1.30 bits per heavy atom. The molecule has 2 heterocycles. The Morgan fingerprint density at radius 2 is 2.04 bits per heavy atom. The van der Waals surface area contributed by atoms with Crippen LogP contribution in [0.25, 0.3) is 0 Å². The zero-order chi connectivity index (χ0) is 15.6. The summed E-state index contributed by atoms with van der Waals surface area (Å²) in [6.07, 6.45) is 4.03. The van der Waals surface area contributed by atoms with Gasteiger partial charge in [0.15, 0.2) is 0 Å². The van der Waals surface area contributed by atoms with Crippen molar-refractivity contribution >= 4 is 18.3 Å². The molecule has 1 aromatic carbocycles. The van der Waals surface area contributed by atoms with Gasteiger partial charge >= 0.3 is 0 Å². The number of amides is 1. The lowest BCUT2D eigenvalue weighted by Gasteiger charge is -2.39. The number of hydrogen-bond donors (Lipinski definition) is 1. The van der Waals surface area contributed by atoms with E-state index in [1.165, 1.54) is 6.42 Å². The Hall–Kier alpha value is -1.26. The van der Waals surface area contributed by atoms with Crippen LogP contribution in [0.2, 0.25) is 0 Å². The van der Waals surface area contributed by atoms with Gasteiger partial charge in [-0.2, -0.15) is 0 Å². The molecule has 0 aromatic heterocycles. The molecule has 0 atom stereocenters. The van der Waals surface area contributed by atoms with Gasteiger partial charge < -0.3 is 15.0 Å². The predicted octanol–water partition coefficient (Wildman–Crippen LogP) is 2.57. The first-order valence-corrected chi connectivity index (χ1v) is 8.24. The summed E-state index contributed by atoms with van der Waals surface area (Å²) in [7, 11) is 1.67.